The van der Waals surface area contributed by atoms with Gasteiger partial charge in [0.05, 0.1) is 0 Å². The molecule has 0 atom stereocenters. The first-order chi connectivity index (χ1) is 12.6. The van der Waals surface area contributed by atoms with E-state index in [1.54, 1.807) is 10.4 Å². The zero-order valence-electron chi connectivity index (χ0n) is 18.5. The van der Waals surface area contributed by atoms with Crippen molar-refractivity contribution in [1.29, 1.82) is 0 Å². The zero-order valence-corrected chi connectivity index (χ0v) is 21.9. The van der Waals surface area contributed by atoms with E-state index in [1.807, 2.05) is 0 Å². The Morgan fingerprint density at radius 2 is 0.893 bits per heavy atom. The minimum atomic E-state index is -1.85. The van der Waals surface area contributed by atoms with E-state index in [0.717, 1.165) is 0 Å². The Labute approximate surface area is 189 Å². The summed E-state index contributed by atoms with van der Waals surface area (Å²) in [7, 11) is -1.85. The van der Waals surface area contributed by atoms with E-state index in [0.29, 0.717) is 0 Å². The van der Waals surface area contributed by atoms with Gasteiger partial charge in [-0.25, -0.2) is 0 Å². The Morgan fingerprint density at radius 1 is 0.571 bits per heavy atom. The van der Waals surface area contributed by atoms with Crippen molar-refractivity contribution in [1.82, 2.24) is 0 Å². The second kappa shape index (κ2) is 7.22. The average Bonchev–Trinajstić information content (AvgIpc) is 3.04. The minimum Gasteiger partial charge on any atom is -0.159 e. The van der Waals surface area contributed by atoms with Gasteiger partial charge in [0, 0.05) is 8.07 Å². The maximum atomic E-state index is 2.54. The van der Waals surface area contributed by atoms with Gasteiger partial charge in [-0.15, -0.1) is 69.1 Å². The van der Waals surface area contributed by atoms with Crippen molar-refractivity contribution >= 4 is 40.0 Å². The quantitative estimate of drug-likeness (QED) is 0.250. The summed E-state index contributed by atoms with van der Waals surface area (Å²) in [4.78, 5) is 0. The SMILES string of the molecule is Cc1cc2[cH-]c(C)c([Si](C)(C)c3c(C)[cH-]c4cc(C)c(C)cc34)c2cc1C.[Zr+2]. The molecule has 4 rings (SSSR count). The summed E-state index contributed by atoms with van der Waals surface area (Å²) in [5.74, 6) is 0. The molecule has 0 spiro atoms. The number of benzene rings is 2. The smallest absolute Gasteiger partial charge is 0.159 e. The third-order valence-corrected chi connectivity index (χ3v) is 10.5. The van der Waals surface area contributed by atoms with E-state index in [2.05, 4.69) is 91.0 Å². The molecule has 0 aliphatic carbocycles. The molecule has 0 amide bonds. The molecule has 0 nitrogen and oxygen atoms in total. The first kappa shape index (κ1) is 21.5. The standard InChI is InChI=1S/C26H30Si.Zr/c1-15-9-21-11-19(5)25(23(21)13-17(15)3)27(7,8)26-20(6)12-22-10-16(2)18(4)14-24(22)26;/h9-14H,1-8H3;/q-2;+2. The molecule has 0 N–H and O–H groups in total. The molecular weight excluding hydrogens is 432 g/mol. The van der Waals surface area contributed by atoms with Gasteiger partial charge in [0.15, 0.2) is 0 Å². The summed E-state index contributed by atoms with van der Waals surface area (Å²) in [5, 5.41) is 9.01. The van der Waals surface area contributed by atoms with E-state index < -0.39 is 8.07 Å². The van der Waals surface area contributed by atoms with Crippen molar-refractivity contribution in [3.63, 3.8) is 0 Å². The average molecular weight is 462 g/mol. The van der Waals surface area contributed by atoms with Crippen LogP contribution in [0.1, 0.15) is 33.4 Å². The van der Waals surface area contributed by atoms with Crippen LogP contribution in [-0.4, -0.2) is 8.07 Å². The van der Waals surface area contributed by atoms with Crippen LogP contribution >= 0.6 is 0 Å². The summed E-state index contributed by atoms with van der Waals surface area (Å²) in [6.07, 6.45) is 0. The van der Waals surface area contributed by atoms with E-state index in [4.69, 9.17) is 0 Å². The monoisotopic (exact) mass is 460 g/mol. The second-order valence-corrected chi connectivity index (χ2v) is 13.3. The molecule has 0 aromatic heterocycles. The predicted molar refractivity (Wildman–Crippen MR) is 124 cm³/mol. The third kappa shape index (κ3) is 3.14. The number of hydrogen-bond donors (Lipinski definition) is 0. The number of rotatable bonds is 2. The van der Waals surface area contributed by atoms with Gasteiger partial charge in [0.1, 0.15) is 0 Å². The molecular formula is C26H30SiZr. The number of aryl methyl sites for hydroxylation is 6. The predicted octanol–water partition coefficient (Wildman–Crippen LogP) is 6.10. The largest absolute Gasteiger partial charge is 2.00 e. The molecule has 4 aromatic carbocycles. The Balaban J connectivity index is 0.00000225. The fourth-order valence-corrected chi connectivity index (χ4v) is 9.31. The van der Waals surface area contributed by atoms with Crippen LogP contribution in [0.2, 0.25) is 13.1 Å². The van der Waals surface area contributed by atoms with E-state index >= 15 is 0 Å². The summed E-state index contributed by atoms with van der Waals surface area (Å²) < 4.78 is 0. The molecule has 0 fully saturated rings. The molecule has 0 saturated heterocycles. The third-order valence-electron chi connectivity index (χ3n) is 6.65. The van der Waals surface area contributed by atoms with Gasteiger partial charge in [0.25, 0.3) is 0 Å². The van der Waals surface area contributed by atoms with Crippen molar-refractivity contribution in [2.24, 2.45) is 0 Å². The molecule has 0 heterocycles. The Kier molecular flexibility index (Phi) is 5.54. The molecule has 0 saturated carbocycles. The summed E-state index contributed by atoms with van der Waals surface area (Å²) in [6, 6.07) is 14.4. The molecule has 0 bridgehead atoms. The van der Waals surface area contributed by atoms with Gasteiger partial charge in [-0.1, -0.05) is 49.2 Å². The summed E-state index contributed by atoms with van der Waals surface area (Å²) in [6.45, 7) is 18.6. The Hall–Kier alpha value is -1.24. The first-order valence-electron chi connectivity index (χ1n) is 9.96. The van der Waals surface area contributed by atoms with Gasteiger partial charge < -0.3 is 0 Å². The Morgan fingerprint density at radius 3 is 1.25 bits per heavy atom. The molecule has 0 aliphatic rings. The molecule has 2 heteroatoms. The van der Waals surface area contributed by atoms with Crippen molar-refractivity contribution in [3.8, 4) is 0 Å². The maximum Gasteiger partial charge on any atom is 2.00 e. The summed E-state index contributed by atoms with van der Waals surface area (Å²) in [5.41, 5.74) is 8.50. The van der Waals surface area contributed by atoms with Crippen LogP contribution in [0.25, 0.3) is 21.5 Å². The van der Waals surface area contributed by atoms with Crippen LogP contribution in [0.5, 0.6) is 0 Å². The fourth-order valence-electron chi connectivity index (χ4n) is 5.17. The van der Waals surface area contributed by atoms with Crippen LogP contribution in [0, 0.1) is 41.5 Å². The van der Waals surface area contributed by atoms with E-state index in [-0.39, 0.29) is 26.2 Å². The van der Waals surface area contributed by atoms with Crippen LogP contribution < -0.4 is 10.4 Å². The van der Waals surface area contributed by atoms with Gasteiger partial charge in [-0.05, 0) is 27.7 Å². The molecule has 0 radical (unpaired) electrons. The topological polar surface area (TPSA) is 0 Å². The normalized spacial score (nSPS) is 12.0. The number of hydrogen-bond acceptors (Lipinski definition) is 0. The van der Waals surface area contributed by atoms with Crippen LogP contribution in [0.3, 0.4) is 0 Å². The van der Waals surface area contributed by atoms with Gasteiger partial charge in [-0.3, -0.25) is 0 Å². The molecule has 4 aromatic rings. The zero-order chi connectivity index (χ0) is 19.7. The number of fused-ring (bicyclic) bond motifs is 2. The molecule has 142 valence electrons. The van der Waals surface area contributed by atoms with Crippen molar-refractivity contribution < 1.29 is 26.2 Å². The van der Waals surface area contributed by atoms with Crippen LogP contribution in [0.4, 0.5) is 0 Å². The first-order valence-corrected chi connectivity index (χ1v) is 13.0. The fraction of sp³-hybridized carbons (Fsp3) is 0.308. The maximum absolute atomic E-state index is 2.54. The minimum absolute atomic E-state index is 0. The molecule has 28 heavy (non-hydrogen) atoms. The second-order valence-electron chi connectivity index (χ2n) is 9.08. The van der Waals surface area contributed by atoms with E-state index in [9.17, 15) is 0 Å². The molecule has 0 unspecified atom stereocenters. The van der Waals surface area contributed by atoms with Gasteiger partial charge in [-0.2, -0.15) is 10.4 Å². The van der Waals surface area contributed by atoms with Crippen molar-refractivity contribution in [2.75, 3.05) is 0 Å². The van der Waals surface area contributed by atoms with E-state index in [1.165, 1.54) is 54.9 Å². The van der Waals surface area contributed by atoms with Crippen molar-refractivity contribution in [2.45, 2.75) is 54.6 Å². The van der Waals surface area contributed by atoms with Gasteiger partial charge >= 0.3 is 26.2 Å². The van der Waals surface area contributed by atoms with Crippen molar-refractivity contribution in [3.05, 3.63) is 69.8 Å². The van der Waals surface area contributed by atoms with Gasteiger partial charge in [0.2, 0.25) is 0 Å². The molecule has 0 aliphatic heterocycles. The van der Waals surface area contributed by atoms with Crippen LogP contribution in [-0.2, 0) is 26.2 Å². The van der Waals surface area contributed by atoms with Crippen LogP contribution in [0.15, 0.2) is 36.4 Å². The Bertz CT molecular complexity index is 1110. The summed E-state index contributed by atoms with van der Waals surface area (Å²) >= 11 is 0.